The maximum absolute atomic E-state index is 12.5. The quantitative estimate of drug-likeness (QED) is 0.472. The number of carbonyl (C=O) groups excluding carboxylic acids is 1. The summed E-state index contributed by atoms with van der Waals surface area (Å²) >= 11 is 4.62. The van der Waals surface area contributed by atoms with E-state index in [0.29, 0.717) is 23.0 Å². The van der Waals surface area contributed by atoms with Gasteiger partial charge in [0.05, 0.1) is 25.5 Å². The highest BCUT2D eigenvalue weighted by Gasteiger charge is 2.15. The van der Waals surface area contributed by atoms with Crippen molar-refractivity contribution in [3.05, 3.63) is 23.8 Å². The zero-order valence-electron chi connectivity index (χ0n) is 14.1. The molecule has 24 heavy (non-hydrogen) atoms. The fourth-order valence-electron chi connectivity index (χ4n) is 1.79. The van der Waals surface area contributed by atoms with Gasteiger partial charge < -0.3 is 9.47 Å². The lowest BCUT2D eigenvalue weighted by Crippen LogP contribution is -2.05. The first kappa shape index (κ1) is 19.1. The molecule has 1 aromatic carbocycles. The standard InChI is InChI=1S/C16H20N2O3S3/c1-10(2)8-22-15-17-18-16(24-15)23-9-13(19)12-7-11(20-3)5-6-14(12)21-4/h5-7,10H,8-9H2,1-4H3. The molecule has 0 bridgehead atoms. The molecule has 0 amide bonds. The summed E-state index contributed by atoms with van der Waals surface area (Å²) in [6.45, 7) is 4.34. The van der Waals surface area contributed by atoms with Crippen LogP contribution in [0.2, 0.25) is 0 Å². The van der Waals surface area contributed by atoms with Gasteiger partial charge >= 0.3 is 0 Å². The summed E-state index contributed by atoms with van der Waals surface area (Å²) in [7, 11) is 3.12. The molecule has 8 heteroatoms. The van der Waals surface area contributed by atoms with Crippen LogP contribution in [0, 0.1) is 5.92 Å². The van der Waals surface area contributed by atoms with Gasteiger partial charge in [-0.25, -0.2) is 0 Å². The average molecular weight is 385 g/mol. The topological polar surface area (TPSA) is 61.3 Å². The normalized spacial score (nSPS) is 10.9. The number of Topliss-reactive ketones (excluding diaryl/α,β-unsaturated/α-hetero) is 1. The van der Waals surface area contributed by atoms with Crippen LogP contribution in [0.25, 0.3) is 0 Å². The van der Waals surface area contributed by atoms with E-state index in [1.54, 1.807) is 44.2 Å². The minimum Gasteiger partial charge on any atom is -0.497 e. The summed E-state index contributed by atoms with van der Waals surface area (Å²) in [5.74, 6) is 3.06. The second-order valence-electron chi connectivity index (χ2n) is 5.32. The Bertz CT molecular complexity index is 689. The molecule has 0 aliphatic carbocycles. The maximum atomic E-state index is 12.5. The second kappa shape index (κ2) is 9.29. The third-order valence-electron chi connectivity index (χ3n) is 2.96. The maximum Gasteiger partial charge on any atom is 0.177 e. The van der Waals surface area contributed by atoms with E-state index in [-0.39, 0.29) is 11.5 Å². The third kappa shape index (κ3) is 5.39. The van der Waals surface area contributed by atoms with Crippen molar-refractivity contribution in [2.45, 2.75) is 22.5 Å². The van der Waals surface area contributed by atoms with Crippen LogP contribution >= 0.6 is 34.9 Å². The Labute approximate surface area is 154 Å². The van der Waals surface area contributed by atoms with Crippen LogP contribution in [0.5, 0.6) is 11.5 Å². The van der Waals surface area contributed by atoms with Gasteiger partial charge in [0.2, 0.25) is 0 Å². The molecule has 0 aliphatic heterocycles. The highest BCUT2D eigenvalue weighted by atomic mass is 32.2. The number of hydrogen-bond donors (Lipinski definition) is 0. The van der Waals surface area contributed by atoms with E-state index in [4.69, 9.17) is 9.47 Å². The average Bonchev–Trinajstić information content (AvgIpc) is 3.05. The molecule has 0 unspecified atom stereocenters. The Balaban J connectivity index is 1.98. The third-order valence-corrected chi connectivity index (χ3v) is 6.58. The summed E-state index contributed by atoms with van der Waals surface area (Å²) in [6.07, 6.45) is 0. The fourth-order valence-corrected chi connectivity index (χ4v) is 4.67. The molecule has 2 rings (SSSR count). The van der Waals surface area contributed by atoms with E-state index in [2.05, 4.69) is 24.0 Å². The minimum atomic E-state index is -0.0256. The Morgan fingerprint density at radius 3 is 2.50 bits per heavy atom. The molecular formula is C16H20N2O3S3. The van der Waals surface area contributed by atoms with Gasteiger partial charge in [-0.15, -0.1) is 10.2 Å². The van der Waals surface area contributed by atoms with Crippen molar-refractivity contribution >= 4 is 40.6 Å². The van der Waals surface area contributed by atoms with Crippen molar-refractivity contribution in [1.82, 2.24) is 10.2 Å². The SMILES string of the molecule is COc1ccc(OC)c(C(=O)CSc2nnc(SCC(C)C)s2)c1. The summed E-state index contributed by atoms with van der Waals surface area (Å²) in [5.41, 5.74) is 0.517. The van der Waals surface area contributed by atoms with Gasteiger partial charge in [-0.3, -0.25) is 4.79 Å². The Kier molecular flexibility index (Phi) is 7.39. The van der Waals surface area contributed by atoms with Crippen molar-refractivity contribution in [1.29, 1.82) is 0 Å². The van der Waals surface area contributed by atoms with Gasteiger partial charge in [0.25, 0.3) is 0 Å². The van der Waals surface area contributed by atoms with Crippen LogP contribution < -0.4 is 9.47 Å². The molecule has 1 heterocycles. The molecule has 5 nitrogen and oxygen atoms in total. The van der Waals surface area contributed by atoms with Crippen molar-refractivity contribution < 1.29 is 14.3 Å². The summed E-state index contributed by atoms with van der Waals surface area (Å²) in [6, 6.07) is 5.21. The van der Waals surface area contributed by atoms with Gasteiger partial charge in [0, 0.05) is 5.75 Å². The highest BCUT2D eigenvalue weighted by molar-refractivity contribution is 8.03. The largest absolute Gasteiger partial charge is 0.497 e. The number of thioether (sulfide) groups is 2. The molecule has 0 fully saturated rings. The molecule has 0 saturated heterocycles. The number of ether oxygens (including phenoxy) is 2. The Morgan fingerprint density at radius 1 is 1.17 bits per heavy atom. The molecule has 130 valence electrons. The van der Waals surface area contributed by atoms with E-state index in [0.717, 1.165) is 14.4 Å². The first-order chi connectivity index (χ1) is 11.5. The minimum absolute atomic E-state index is 0.0256. The number of methoxy groups -OCH3 is 2. The van der Waals surface area contributed by atoms with Crippen LogP contribution in [0.1, 0.15) is 24.2 Å². The van der Waals surface area contributed by atoms with Crippen LogP contribution in [-0.2, 0) is 0 Å². The van der Waals surface area contributed by atoms with Crippen LogP contribution in [0.3, 0.4) is 0 Å². The van der Waals surface area contributed by atoms with E-state index in [1.807, 2.05) is 0 Å². The lowest BCUT2D eigenvalue weighted by Gasteiger charge is -2.09. The van der Waals surface area contributed by atoms with Gasteiger partial charge in [-0.05, 0) is 24.1 Å². The number of nitrogens with zero attached hydrogens (tertiary/aromatic N) is 2. The van der Waals surface area contributed by atoms with E-state index in [9.17, 15) is 4.79 Å². The molecule has 1 aromatic heterocycles. The molecule has 0 atom stereocenters. The summed E-state index contributed by atoms with van der Waals surface area (Å²) in [5, 5.41) is 8.29. The van der Waals surface area contributed by atoms with Crippen LogP contribution in [0.4, 0.5) is 0 Å². The highest BCUT2D eigenvalue weighted by Crippen LogP contribution is 2.31. The van der Waals surface area contributed by atoms with Gasteiger partial charge in [-0.2, -0.15) is 0 Å². The Hall–Kier alpha value is -1.25. The van der Waals surface area contributed by atoms with Crippen LogP contribution in [-0.4, -0.2) is 41.7 Å². The van der Waals surface area contributed by atoms with Crippen molar-refractivity contribution in [2.75, 3.05) is 25.7 Å². The van der Waals surface area contributed by atoms with Crippen molar-refractivity contribution in [3.8, 4) is 11.5 Å². The molecule has 0 aliphatic rings. The number of benzene rings is 1. The second-order valence-corrected chi connectivity index (χ2v) is 8.78. The number of carbonyl (C=O) groups is 1. The van der Waals surface area contributed by atoms with E-state index < -0.39 is 0 Å². The predicted molar refractivity (Wildman–Crippen MR) is 100 cm³/mol. The number of rotatable bonds is 9. The zero-order chi connectivity index (χ0) is 17.5. The lowest BCUT2D eigenvalue weighted by atomic mass is 10.1. The van der Waals surface area contributed by atoms with Crippen molar-refractivity contribution in [2.24, 2.45) is 5.92 Å². The smallest absolute Gasteiger partial charge is 0.177 e. The number of aromatic nitrogens is 2. The van der Waals surface area contributed by atoms with Crippen LogP contribution in [0.15, 0.2) is 26.9 Å². The molecule has 0 radical (unpaired) electrons. The molecule has 0 N–H and O–H groups in total. The fraction of sp³-hybridized carbons (Fsp3) is 0.438. The van der Waals surface area contributed by atoms with Gasteiger partial charge in [0.15, 0.2) is 14.5 Å². The number of hydrogen-bond acceptors (Lipinski definition) is 8. The molecule has 0 spiro atoms. The number of ketones is 1. The summed E-state index contributed by atoms with van der Waals surface area (Å²) in [4.78, 5) is 12.5. The van der Waals surface area contributed by atoms with Crippen molar-refractivity contribution in [3.63, 3.8) is 0 Å². The predicted octanol–water partition coefficient (Wildman–Crippen LogP) is 4.28. The Morgan fingerprint density at radius 2 is 1.88 bits per heavy atom. The van der Waals surface area contributed by atoms with Gasteiger partial charge in [-0.1, -0.05) is 48.7 Å². The summed E-state index contributed by atoms with van der Waals surface area (Å²) < 4.78 is 12.2. The monoisotopic (exact) mass is 384 g/mol. The molecule has 2 aromatic rings. The van der Waals surface area contributed by atoms with Gasteiger partial charge in [0.1, 0.15) is 11.5 Å². The first-order valence-electron chi connectivity index (χ1n) is 7.37. The van der Waals surface area contributed by atoms with E-state index >= 15 is 0 Å². The zero-order valence-corrected chi connectivity index (χ0v) is 16.5. The first-order valence-corrected chi connectivity index (χ1v) is 10.2. The lowest BCUT2D eigenvalue weighted by molar-refractivity contribution is 0.101. The molecule has 0 saturated carbocycles. The molecular weight excluding hydrogens is 364 g/mol. The van der Waals surface area contributed by atoms with E-state index in [1.165, 1.54) is 23.1 Å².